The SMILES string of the molecule is Cc1ccc(C(Cl)C(C)C(C)(C)C)s1. The molecular weight excluding hydrogens is 212 g/mol. The highest BCUT2D eigenvalue weighted by Crippen LogP contribution is 2.42. The summed E-state index contributed by atoms with van der Waals surface area (Å²) in [6.45, 7) is 11.1. The van der Waals surface area contributed by atoms with Gasteiger partial charge in [0.2, 0.25) is 0 Å². The molecule has 1 aromatic rings. The third-order valence-corrected chi connectivity index (χ3v) is 4.66. The van der Waals surface area contributed by atoms with Crippen LogP contribution in [0.5, 0.6) is 0 Å². The van der Waals surface area contributed by atoms with Gasteiger partial charge in [-0.05, 0) is 30.4 Å². The van der Waals surface area contributed by atoms with Crippen LogP contribution in [0.3, 0.4) is 0 Å². The Morgan fingerprint density at radius 1 is 1.29 bits per heavy atom. The van der Waals surface area contributed by atoms with E-state index in [1.54, 1.807) is 0 Å². The Bertz CT molecular complexity index is 296. The van der Waals surface area contributed by atoms with Gasteiger partial charge in [0.25, 0.3) is 0 Å². The van der Waals surface area contributed by atoms with Gasteiger partial charge >= 0.3 is 0 Å². The summed E-state index contributed by atoms with van der Waals surface area (Å²) in [6.07, 6.45) is 0. The smallest absolute Gasteiger partial charge is 0.0709 e. The molecule has 0 radical (unpaired) electrons. The molecule has 1 aromatic heterocycles. The van der Waals surface area contributed by atoms with Gasteiger partial charge < -0.3 is 0 Å². The number of halogens is 1. The monoisotopic (exact) mass is 230 g/mol. The Labute approximate surface area is 96.3 Å². The van der Waals surface area contributed by atoms with E-state index in [0.717, 1.165) is 0 Å². The molecule has 0 amide bonds. The van der Waals surface area contributed by atoms with Crippen molar-refractivity contribution in [2.75, 3.05) is 0 Å². The van der Waals surface area contributed by atoms with Crippen LogP contribution in [0.1, 0.15) is 42.8 Å². The van der Waals surface area contributed by atoms with Crippen LogP contribution in [-0.2, 0) is 0 Å². The molecule has 2 atom stereocenters. The molecule has 0 aliphatic heterocycles. The highest BCUT2D eigenvalue weighted by atomic mass is 35.5. The van der Waals surface area contributed by atoms with Crippen LogP contribution < -0.4 is 0 Å². The van der Waals surface area contributed by atoms with E-state index >= 15 is 0 Å². The second-order valence-corrected chi connectivity index (χ2v) is 6.79. The quantitative estimate of drug-likeness (QED) is 0.626. The topological polar surface area (TPSA) is 0 Å². The van der Waals surface area contributed by atoms with Crippen molar-refractivity contribution in [2.24, 2.45) is 11.3 Å². The third-order valence-electron chi connectivity index (χ3n) is 2.84. The number of aryl methyl sites for hydroxylation is 1. The Kier molecular flexibility index (Phi) is 3.65. The van der Waals surface area contributed by atoms with Crippen molar-refractivity contribution in [3.8, 4) is 0 Å². The second kappa shape index (κ2) is 4.24. The van der Waals surface area contributed by atoms with Crippen molar-refractivity contribution >= 4 is 22.9 Å². The normalized spacial score (nSPS) is 16.7. The van der Waals surface area contributed by atoms with Crippen molar-refractivity contribution in [1.82, 2.24) is 0 Å². The minimum absolute atomic E-state index is 0.147. The predicted molar refractivity (Wildman–Crippen MR) is 66.3 cm³/mol. The van der Waals surface area contributed by atoms with E-state index in [0.29, 0.717) is 5.92 Å². The zero-order chi connectivity index (χ0) is 10.9. The van der Waals surface area contributed by atoms with E-state index in [9.17, 15) is 0 Å². The van der Waals surface area contributed by atoms with Crippen LogP contribution in [-0.4, -0.2) is 0 Å². The lowest BCUT2D eigenvalue weighted by Crippen LogP contribution is -2.20. The average molecular weight is 231 g/mol. The van der Waals surface area contributed by atoms with Crippen molar-refractivity contribution in [1.29, 1.82) is 0 Å². The van der Waals surface area contributed by atoms with E-state index in [1.165, 1.54) is 9.75 Å². The largest absolute Gasteiger partial charge is 0.144 e. The van der Waals surface area contributed by atoms with E-state index in [2.05, 4.69) is 46.8 Å². The highest BCUT2D eigenvalue weighted by Gasteiger charge is 2.28. The highest BCUT2D eigenvalue weighted by molar-refractivity contribution is 7.12. The Morgan fingerprint density at radius 3 is 2.21 bits per heavy atom. The van der Waals surface area contributed by atoms with Gasteiger partial charge in [0.05, 0.1) is 5.38 Å². The summed E-state index contributed by atoms with van der Waals surface area (Å²) in [4.78, 5) is 2.64. The molecule has 14 heavy (non-hydrogen) atoms. The number of alkyl halides is 1. The molecule has 0 spiro atoms. The number of rotatable bonds is 2. The molecule has 0 aliphatic rings. The molecule has 0 fully saturated rings. The first kappa shape index (κ1) is 12.1. The molecule has 0 saturated heterocycles. The van der Waals surface area contributed by atoms with E-state index in [-0.39, 0.29) is 10.8 Å². The molecule has 0 bridgehead atoms. The lowest BCUT2D eigenvalue weighted by Gasteiger charge is -2.30. The third kappa shape index (κ3) is 2.74. The summed E-state index contributed by atoms with van der Waals surface area (Å²) in [5.74, 6) is 0.488. The van der Waals surface area contributed by atoms with Gasteiger partial charge in [0.1, 0.15) is 0 Å². The summed E-state index contributed by atoms with van der Waals surface area (Å²) >= 11 is 8.27. The standard InChI is InChI=1S/C12H19ClS/c1-8-6-7-10(14-8)11(13)9(2)12(3,4)5/h6-7,9,11H,1-5H3. The maximum atomic E-state index is 6.47. The fourth-order valence-electron chi connectivity index (χ4n) is 1.29. The van der Waals surface area contributed by atoms with Gasteiger partial charge in [0.15, 0.2) is 0 Å². The molecule has 2 unspecified atom stereocenters. The van der Waals surface area contributed by atoms with Gasteiger partial charge in [0, 0.05) is 9.75 Å². The van der Waals surface area contributed by atoms with Crippen LogP contribution in [0.25, 0.3) is 0 Å². The molecule has 1 heterocycles. The molecule has 0 nitrogen and oxygen atoms in total. The van der Waals surface area contributed by atoms with Gasteiger partial charge in [-0.15, -0.1) is 22.9 Å². The van der Waals surface area contributed by atoms with Crippen molar-refractivity contribution < 1.29 is 0 Å². The lowest BCUT2D eigenvalue weighted by molar-refractivity contribution is 0.255. The number of hydrogen-bond donors (Lipinski definition) is 0. The summed E-state index contributed by atoms with van der Waals surface area (Å²) in [5, 5.41) is 0.147. The van der Waals surface area contributed by atoms with Gasteiger partial charge in [-0.25, -0.2) is 0 Å². The van der Waals surface area contributed by atoms with Crippen LogP contribution in [0, 0.1) is 18.3 Å². The molecule has 0 saturated carbocycles. The summed E-state index contributed by atoms with van der Waals surface area (Å²) in [6, 6.07) is 4.30. The maximum absolute atomic E-state index is 6.47. The molecule has 0 N–H and O–H groups in total. The minimum Gasteiger partial charge on any atom is -0.144 e. The predicted octanol–water partition coefficient (Wildman–Crippen LogP) is 5.02. The molecule has 2 heteroatoms. The van der Waals surface area contributed by atoms with Gasteiger partial charge in [-0.2, -0.15) is 0 Å². The number of hydrogen-bond acceptors (Lipinski definition) is 1. The number of thiophene rings is 1. The first-order valence-corrected chi connectivity index (χ1v) is 6.28. The average Bonchev–Trinajstić information content (AvgIpc) is 2.47. The fraction of sp³-hybridized carbons (Fsp3) is 0.667. The van der Waals surface area contributed by atoms with Gasteiger partial charge in [-0.3, -0.25) is 0 Å². The Morgan fingerprint density at radius 2 is 1.86 bits per heavy atom. The van der Waals surface area contributed by atoms with E-state index < -0.39 is 0 Å². The van der Waals surface area contributed by atoms with E-state index in [4.69, 9.17) is 11.6 Å². The van der Waals surface area contributed by atoms with Gasteiger partial charge in [-0.1, -0.05) is 27.7 Å². The van der Waals surface area contributed by atoms with Crippen LogP contribution in [0.2, 0.25) is 0 Å². The van der Waals surface area contributed by atoms with Crippen LogP contribution in [0.4, 0.5) is 0 Å². The molecular formula is C12H19ClS. The maximum Gasteiger partial charge on any atom is 0.0709 e. The molecule has 1 rings (SSSR count). The van der Waals surface area contributed by atoms with Crippen LogP contribution in [0.15, 0.2) is 12.1 Å². The first-order chi connectivity index (χ1) is 6.32. The summed E-state index contributed by atoms with van der Waals surface area (Å²) < 4.78 is 0. The zero-order valence-electron chi connectivity index (χ0n) is 9.60. The fourth-order valence-corrected chi connectivity index (χ4v) is 2.83. The van der Waals surface area contributed by atoms with Crippen LogP contribution >= 0.6 is 22.9 Å². The first-order valence-electron chi connectivity index (χ1n) is 5.03. The molecule has 0 aliphatic carbocycles. The lowest BCUT2D eigenvalue weighted by atomic mass is 9.79. The van der Waals surface area contributed by atoms with E-state index in [1.807, 2.05) is 11.3 Å². The molecule has 0 aromatic carbocycles. The second-order valence-electron chi connectivity index (χ2n) is 5.00. The Balaban J connectivity index is 2.80. The van der Waals surface area contributed by atoms with Crippen molar-refractivity contribution in [3.63, 3.8) is 0 Å². The zero-order valence-corrected chi connectivity index (χ0v) is 11.2. The summed E-state index contributed by atoms with van der Waals surface area (Å²) in [7, 11) is 0. The summed E-state index contributed by atoms with van der Waals surface area (Å²) in [5.41, 5.74) is 0.268. The van der Waals surface area contributed by atoms with Crippen molar-refractivity contribution in [2.45, 2.75) is 40.0 Å². The minimum atomic E-state index is 0.147. The molecule has 80 valence electrons. The van der Waals surface area contributed by atoms with Crippen molar-refractivity contribution in [3.05, 3.63) is 21.9 Å². The Hall–Kier alpha value is -0.0100.